The minimum atomic E-state index is -0.282. The predicted octanol–water partition coefficient (Wildman–Crippen LogP) is 1.59. The fraction of sp³-hybridized carbons (Fsp3) is 0.133. The normalized spacial score (nSPS) is 9.81. The molecule has 0 aliphatic heterocycles. The number of nitrogens with one attached hydrogen (secondary N) is 2. The number of ether oxygens (including phenoxy) is 1. The van der Waals surface area contributed by atoms with Crippen molar-refractivity contribution in [3.05, 3.63) is 53.9 Å². The molecule has 0 radical (unpaired) electrons. The minimum absolute atomic E-state index is 0.160. The smallest absolute Gasteiger partial charge is 0.269 e. The quantitative estimate of drug-likeness (QED) is 0.894. The Hall–Kier alpha value is -2.89. The molecule has 108 valence electrons. The SMILES string of the molecule is CNC(=O)c1ccc(Oc2ccnc(C(=O)NC)c2)cc1. The molecule has 0 spiro atoms. The molecule has 0 bridgehead atoms. The van der Waals surface area contributed by atoms with Gasteiger partial charge in [0.1, 0.15) is 17.2 Å². The molecule has 1 aromatic heterocycles. The number of benzene rings is 1. The standard InChI is InChI=1S/C15H15N3O3/c1-16-14(19)10-3-5-11(6-4-10)21-12-7-8-18-13(9-12)15(20)17-2/h3-9H,1-2H3,(H,16,19)(H,17,20). The fourth-order valence-corrected chi connectivity index (χ4v) is 1.68. The first-order chi connectivity index (χ1) is 10.1. The van der Waals surface area contributed by atoms with Crippen molar-refractivity contribution >= 4 is 11.8 Å². The highest BCUT2D eigenvalue weighted by Gasteiger charge is 2.07. The zero-order valence-corrected chi connectivity index (χ0v) is 11.7. The Morgan fingerprint density at radius 1 is 0.952 bits per heavy atom. The summed E-state index contributed by atoms with van der Waals surface area (Å²) in [4.78, 5) is 26.9. The number of aromatic nitrogens is 1. The van der Waals surface area contributed by atoms with Crippen LogP contribution in [-0.4, -0.2) is 30.9 Å². The number of hydrogen-bond donors (Lipinski definition) is 2. The summed E-state index contributed by atoms with van der Waals surface area (Å²) < 4.78 is 5.63. The Bertz CT molecular complexity index is 653. The van der Waals surface area contributed by atoms with Gasteiger partial charge in [-0.05, 0) is 30.3 Å². The van der Waals surface area contributed by atoms with Crippen molar-refractivity contribution in [2.45, 2.75) is 0 Å². The molecule has 0 atom stereocenters. The van der Waals surface area contributed by atoms with Crippen LogP contribution < -0.4 is 15.4 Å². The number of hydrogen-bond acceptors (Lipinski definition) is 4. The molecule has 0 aliphatic rings. The van der Waals surface area contributed by atoms with E-state index >= 15 is 0 Å². The summed E-state index contributed by atoms with van der Waals surface area (Å²) in [5, 5.41) is 5.04. The lowest BCUT2D eigenvalue weighted by Gasteiger charge is -2.07. The van der Waals surface area contributed by atoms with Crippen molar-refractivity contribution < 1.29 is 14.3 Å². The van der Waals surface area contributed by atoms with Gasteiger partial charge in [-0.25, -0.2) is 0 Å². The lowest BCUT2D eigenvalue weighted by atomic mass is 10.2. The van der Waals surface area contributed by atoms with E-state index in [1.165, 1.54) is 13.2 Å². The summed E-state index contributed by atoms with van der Waals surface area (Å²) in [6, 6.07) is 9.89. The third kappa shape index (κ3) is 3.56. The zero-order chi connectivity index (χ0) is 15.2. The molecule has 0 aliphatic carbocycles. The van der Waals surface area contributed by atoms with E-state index in [0.29, 0.717) is 17.1 Å². The number of carbonyl (C=O) groups is 2. The van der Waals surface area contributed by atoms with Gasteiger partial charge in [0, 0.05) is 31.9 Å². The van der Waals surface area contributed by atoms with Crippen LogP contribution in [0.15, 0.2) is 42.6 Å². The average molecular weight is 285 g/mol. The van der Waals surface area contributed by atoms with E-state index in [1.54, 1.807) is 43.4 Å². The summed E-state index contributed by atoms with van der Waals surface area (Å²) in [5.74, 6) is 0.621. The summed E-state index contributed by atoms with van der Waals surface area (Å²) in [6.07, 6.45) is 1.50. The van der Waals surface area contributed by atoms with Crippen LogP contribution in [0.3, 0.4) is 0 Å². The lowest BCUT2D eigenvalue weighted by molar-refractivity contribution is 0.0952. The Morgan fingerprint density at radius 3 is 2.24 bits per heavy atom. The van der Waals surface area contributed by atoms with Crippen molar-refractivity contribution in [3.63, 3.8) is 0 Å². The highest BCUT2D eigenvalue weighted by atomic mass is 16.5. The van der Waals surface area contributed by atoms with Gasteiger partial charge in [0.2, 0.25) is 0 Å². The van der Waals surface area contributed by atoms with Crippen LogP contribution in [0.2, 0.25) is 0 Å². The minimum Gasteiger partial charge on any atom is -0.457 e. The molecule has 0 fully saturated rings. The molecule has 2 N–H and O–H groups in total. The average Bonchev–Trinajstić information content (AvgIpc) is 2.54. The van der Waals surface area contributed by atoms with E-state index in [4.69, 9.17) is 4.74 Å². The topological polar surface area (TPSA) is 80.3 Å². The van der Waals surface area contributed by atoms with E-state index in [-0.39, 0.29) is 17.5 Å². The van der Waals surface area contributed by atoms with E-state index in [2.05, 4.69) is 15.6 Å². The molecule has 21 heavy (non-hydrogen) atoms. The first-order valence-electron chi connectivity index (χ1n) is 6.32. The second kappa shape index (κ2) is 6.51. The summed E-state index contributed by atoms with van der Waals surface area (Å²) >= 11 is 0. The number of rotatable bonds is 4. The Morgan fingerprint density at radius 2 is 1.62 bits per heavy atom. The van der Waals surface area contributed by atoms with Crippen molar-refractivity contribution in [3.8, 4) is 11.5 Å². The maximum absolute atomic E-state index is 11.5. The molecule has 6 nitrogen and oxygen atoms in total. The van der Waals surface area contributed by atoms with Gasteiger partial charge in [-0.2, -0.15) is 0 Å². The van der Waals surface area contributed by atoms with Gasteiger partial charge < -0.3 is 15.4 Å². The first kappa shape index (κ1) is 14.5. The number of pyridine rings is 1. The van der Waals surface area contributed by atoms with Crippen molar-refractivity contribution in [1.82, 2.24) is 15.6 Å². The van der Waals surface area contributed by atoms with Crippen molar-refractivity contribution in [2.24, 2.45) is 0 Å². The van der Waals surface area contributed by atoms with Gasteiger partial charge in [0.15, 0.2) is 0 Å². The van der Waals surface area contributed by atoms with Crippen LogP contribution in [0, 0.1) is 0 Å². The molecule has 2 amide bonds. The van der Waals surface area contributed by atoms with Gasteiger partial charge in [-0.3, -0.25) is 14.6 Å². The maximum Gasteiger partial charge on any atom is 0.269 e. The summed E-state index contributed by atoms with van der Waals surface area (Å²) in [6.45, 7) is 0. The number of amides is 2. The van der Waals surface area contributed by atoms with Crippen LogP contribution in [-0.2, 0) is 0 Å². The van der Waals surface area contributed by atoms with Crippen molar-refractivity contribution in [1.29, 1.82) is 0 Å². The second-order valence-electron chi connectivity index (χ2n) is 4.16. The lowest BCUT2D eigenvalue weighted by Crippen LogP contribution is -2.19. The molecule has 0 saturated carbocycles. The van der Waals surface area contributed by atoms with Gasteiger partial charge >= 0.3 is 0 Å². The first-order valence-corrected chi connectivity index (χ1v) is 6.32. The van der Waals surface area contributed by atoms with E-state index in [9.17, 15) is 9.59 Å². The third-order valence-electron chi connectivity index (χ3n) is 2.77. The highest BCUT2D eigenvalue weighted by Crippen LogP contribution is 2.21. The molecule has 1 heterocycles. The van der Waals surface area contributed by atoms with Crippen LogP contribution in [0.25, 0.3) is 0 Å². The molecular weight excluding hydrogens is 270 g/mol. The zero-order valence-electron chi connectivity index (χ0n) is 11.7. The monoisotopic (exact) mass is 285 g/mol. The Labute approximate surface area is 122 Å². The van der Waals surface area contributed by atoms with Gasteiger partial charge in [0.05, 0.1) is 0 Å². The predicted molar refractivity (Wildman–Crippen MR) is 77.5 cm³/mol. The van der Waals surface area contributed by atoms with E-state index in [1.807, 2.05) is 0 Å². The van der Waals surface area contributed by atoms with Crippen molar-refractivity contribution in [2.75, 3.05) is 14.1 Å². The van der Waals surface area contributed by atoms with Crippen LogP contribution in [0.5, 0.6) is 11.5 Å². The fourth-order valence-electron chi connectivity index (χ4n) is 1.68. The second-order valence-corrected chi connectivity index (χ2v) is 4.16. The number of carbonyl (C=O) groups excluding carboxylic acids is 2. The van der Waals surface area contributed by atoms with Crippen LogP contribution >= 0.6 is 0 Å². The summed E-state index contributed by atoms with van der Waals surface area (Å²) in [7, 11) is 3.11. The highest BCUT2D eigenvalue weighted by molar-refractivity contribution is 5.94. The molecule has 2 rings (SSSR count). The molecule has 1 aromatic carbocycles. The van der Waals surface area contributed by atoms with Crippen LogP contribution in [0.4, 0.5) is 0 Å². The molecule has 6 heteroatoms. The van der Waals surface area contributed by atoms with Gasteiger partial charge in [-0.1, -0.05) is 0 Å². The maximum atomic E-state index is 11.5. The molecule has 0 saturated heterocycles. The Kier molecular flexibility index (Phi) is 4.50. The van der Waals surface area contributed by atoms with Gasteiger partial charge in [0.25, 0.3) is 11.8 Å². The Balaban J connectivity index is 2.15. The van der Waals surface area contributed by atoms with E-state index in [0.717, 1.165) is 0 Å². The van der Waals surface area contributed by atoms with Gasteiger partial charge in [-0.15, -0.1) is 0 Å². The third-order valence-corrected chi connectivity index (χ3v) is 2.77. The van der Waals surface area contributed by atoms with Crippen LogP contribution in [0.1, 0.15) is 20.8 Å². The molecule has 2 aromatic rings. The van der Waals surface area contributed by atoms with E-state index < -0.39 is 0 Å². The number of nitrogens with zero attached hydrogens (tertiary/aromatic N) is 1. The molecular formula is C15H15N3O3. The molecule has 0 unspecified atom stereocenters. The largest absolute Gasteiger partial charge is 0.457 e. The summed E-state index contributed by atoms with van der Waals surface area (Å²) in [5.41, 5.74) is 0.822.